The fraction of sp³-hybridized carbons (Fsp3) is 0.692. The molecule has 1 aromatic rings. The van der Waals surface area contributed by atoms with Gasteiger partial charge >= 0.3 is 0 Å². The first-order chi connectivity index (χ1) is 7.86. The van der Waals surface area contributed by atoms with Crippen LogP contribution in [0.25, 0.3) is 0 Å². The van der Waals surface area contributed by atoms with E-state index in [0.717, 1.165) is 18.8 Å². The third-order valence-electron chi connectivity index (χ3n) is 3.65. The van der Waals surface area contributed by atoms with Crippen molar-refractivity contribution in [2.24, 2.45) is 11.7 Å². The molecule has 3 nitrogen and oxygen atoms in total. The van der Waals surface area contributed by atoms with Gasteiger partial charge in [-0.3, -0.25) is 4.90 Å². The number of hydrogen-bond donors (Lipinski definition) is 1. The van der Waals surface area contributed by atoms with Crippen molar-refractivity contribution in [3.05, 3.63) is 24.2 Å². The van der Waals surface area contributed by atoms with Crippen molar-refractivity contribution >= 4 is 0 Å². The summed E-state index contributed by atoms with van der Waals surface area (Å²) in [6.07, 6.45) is 5.55. The second-order valence-corrected chi connectivity index (χ2v) is 4.58. The number of nitrogens with two attached hydrogens (primary N) is 1. The van der Waals surface area contributed by atoms with E-state index in [1.165, 1.54) is 25.8 Å². The Morgan fingerprint density at radius 3 is 3.00 bits per heavy atom. The van der Waals surface area contributed by atoms with Crippen LogP contribution < -0.4 is 5.73 Å². The van der Waals surface area contributed by atoms with Crippen molar-refractivity contribution in [1.82, 2.24) is 4.90 Å². The van der Waals surface area contributed by atoms with Crippen LogP contribution in [0.4, 0.5) is 0 Å². The summed E-state index contributed by atoms with van der Waals surface area (Å²) in [5.41, 5.74) is 5.92. The molecule has 2 unspecified atom stereocenters. The Morgan fingerprint density at radius 1 is 1.50 bits per heavy atom. The summed E-state index contributed by atoms with van der Waals surface area (Å²) in [5.74, 6) is 1.62. The van der Waals surface area contributed by atoms with E-state index >= 15 is 0 Å². The van der Waals surface area contributed by atoms with Crippen LogP contribution in [-0.4, -0.2) is 24.5 Å². The molecule has 0 amide bonds. The minimum Gasteiger partial charge on any atom is -0.468 e. The Balaban J connectivity index is 2.24. The largest absolute Gasteiger partial charge is 0.468 e. The first kappa shape index (κ1) is 11.7. The summed E-state index contributed by atoms with van der Waals surface area (Å²) in [5, 5.41) is 0. The molecule has 0 spiro atoms. The number of furan rings is 1. The van der Waals surface area contributed by atoms with Gasteiger partial charge in [0.15, 0.2) is 0 Å². The molecule has 1 saturated heterocycles. The molecule has 0 aromatic carbocycles. The maximum atomic E-state index is 5.92. The van der Waals surface area contributed by atoms with Gasteiger partial charge in [-0.2, -0.15) is 0 Å². The van der Waals surface area contributed by atoms with Crippen LogP contribution in [-0.2, 0) is 0 Å². The van der Waals surface area contributed by atoms with E-state index in [1.807, 2.05) is 6.07 Å². The molecular weight excluding hydrogens is 200 g/mol. The predicted octanol–water partition coefficient (Wildman–Crippen LogP) is 2.40. The fourth-order valence-corrected chi connectivity index (χ4v) is 2.79. The lowest BCUT2D eigenvalue weighted by molar-refractivity contribution is 0.143. The van der Waals surface area contributed by atoms with E-state index in [1.54, 1.807) is 6.26 Å². The van der Waals surface area contributed by atoms with Crippen molar-refractivity contribution in [2.45, 2.75) is 32.2 Å². The molecular formula is C13H22N2O. The van der Waals surface area contributed by atoms with Crippen LogP contribution in [0.2, 0.25) is 0 Å². The Kier molecular flexibility index (Phi) is 4.02. The molecule has 2 rings (SSSR count). The van der Waals surface area contributed by atoms with Crippen LogP contribution in [0.3, 0.4) is 0 Å². The lowest BCUT2D eigenvalue weighted by Gasteiger charge is -2.32. The zero-order valence-electron chi connectivity index (χ0n) is 10.1. The van der Waals surface area contributed by atoms with Crippen LogP contribution in [0.1, 0.15) is 38.0 Å². The van der Waals surface area contributed by atoms with Gasteiger partial charge in [-0.1, -0.05) is 13.3 Å². The first-order valence-electron chi connectivity index (χ1n) is 6.34. The third kappa shape index (κ3) is 2.30. The Labute approximate surface area is 97.6 Å². The van der Waals surface area contributed by atoms with E-state index in [-0.39, 0.29) is 0 Å². The monoisotopic (exact) mass is 222 g/mol. The third-order valence-corrected chi connectivity index (χ3v) is 3.65. The maximum Gasteiger partial charge on any atom is 0.121 e. The second kappa shape index (κ2) is 5.51. The molecule has 16 heavy (non-hydrogen) atoms. The Bertz CT molecular complexity index is 283. The van der Waals surface area contributed by atoms with Gasteiger partial charge in [0.05, 0.1) is 12.3 Å². The fourth-order valence-electron chi connectivity index (χ4n) is 2.79. The number of likely N-dealkylation sites (tertiary alicyclic amines) is 1. The average Bonchev–Trinajstić information content (AvgIpc) is 2.75. The van der Waals surface area contributed by atoms with E-state index in [2.05, 4.69) is 17.9 Å². The van der Waals surface area contributed by atoms with Crippen molar-refractivity contribution in [1.29, 1.82) is 0 Å². The van der Waals surface area contributed by atoms with E-state index in [4.69, 9.17) is 10.2 Å². The number of hydrogen-bond acceptors (Lipinski definition) is 3. The number of rotatable bonds is 3. The summed E-state index contributed by atoms with van der Waals surface area (Å²) in [6.45, 7) is 5.21. The lowest BCUT2D eigenvalue weighted by Crippen LogP contribution is -2.35. The lowest BCUT2D eigenvalue weighted by atomic mass is 9.93. The minimum atomic E-state index is 0.382. The highest BCUT2D eigenvalue weighted by molar-refractivity contribution is 5.07. The van der Waals surface area contributed by atoms with Crippen LogP contribution >= 0.6 is 0 Å². The zero-order chi connectivity index (χ0) is 11.4. The van der Waals surface area contributed by atoms with Crippen LogP contribution in [0.5, 0.6) is 0 Å². The molecule has 1 aliphatic heterocycles. The molecule has 2 heterocycles. The van der Waals surface area contributed by atoms with Gasteiger partial charge < -0.3 is 10.2 Å². The predicted molar refractivity (Wildman–Crippen MR) is 65.1 cm³/mol. The van der Waals surface area contributed by atoms with E-state index in [0.29, 0.717) is 12.0 Å². The summed E-state index contributed by atoms with van der Waals surface area (Å²) in [7, 11) is 0. The summed E-state index contributed by atoms with van der Waals surface area (Å²) < 4.78 is 5.60. The average molecular weight is 222 g/mol. The van der Waals surface area contributed by atoms with Gasteiger partial charge in [-0.15, -0.1) is 0 Å². The minimum absolute atomic E-state index is 0.382. The van der Waals surface area contributed by atoms with Gasteiger partial charge in [-0.05, 0) is 50.5 Å². The van der Waals surface area contributed by atoms with Crippen molar-refractivity contribution in [2.75, 3.05) is 19.6 Å². The van der Waals surface area contributed by atoms with Gasteiger partial charge in [0.25, 0.3) is 0 Å². The molecule has 3 heteroatoms. The molecule has 90 valence electrons. The molecule has 2 atom stereocenters. The molecule has 0 bridgehead atoms. The highest BCUT2D eigenvalue weighted by atomic mass is 16.3. The molecule has 0 radical (unpaired) electrons. The standard InChI is InChI=1S/C13H22N2O/c1-2-15-8-4-3-6-11(10-14)13(15)12-7-5-9-16-12/h5,7,9,11,13H,2-4,6,8,10,14H2,1H3. The van der Waals surface area contributed by atoms with Crippen LogP contribution in [0, 0.1) is 5.92 Å². The topological polar surface area (TPSA) is 42.4 Å². The van der Waals surface area contributed by atoms with Crippen molar-refractivity contribution < 1.29 is 4.42 Å². The van der Waals surface area contributed by atoms with Crippen LogP contribution in [0.15, 0.2) is 22.8 Å². The van der Waals surface area contributed by atoms with E-state index in [9.17, 15) is 0 Å². The normalized spacial score (nSPS) is 27.9. The highest BCUT2D eigenvalue weighted by Crippen LogP contribution is 2.34. The maximum absolute atomic E-state index is 5.92. The van der Waals surface area contributed by atoms with Crippen molar-refractivity contribution in [3.8, 4) is 0 Å². The van der Waals surface area contributed by atoms with Gasteiger partial charge in [0.2, 0.25) is 0 Å². The second-order valence-electron chi connectivity index (χ2n) is 4.58. The molecule has 1 fully saturated rings. The Morgan fingerprint density at radius 2 is 2.38 bits per heavy atom. The highest BCUT2D eigenvalue weighted by Gasteiger charge is 2.31. The van der Waals surface area contributed by atoms with Gasteiger partial charge in [-0.25, -0.2) is 0 Å². The molecule has 1 aromatic heterocycles. The summed E-state index contributed by atoms with van der Waals surface area (Å²) in [6, 6.07) is 4.44. The quantitative estimate of drug-likeness (QED) is 0.854. The SMILES string of the molecule is CCN1CCCCC(CN)C1c1ccco1. The first-order valence-corrected chi connectivity index (χ1v) is 6.34. The van der Waals surface area contributed by atoms with Crippen molar-refractivity contribution in [3.63, 3.8) is 0 Å². The smallest absolute Gasteiger partial charge is 0.121 e. The van der Waals surface area contributed by atoms with E-state index < -0.39 is 0 Å². The molecule has 0 aliphatic carbocycles. The zero-order valence-corrected chi connectivity index (χ0v) is 10.1. The molecule has 2 N–H and O–H groups in total. The molecule has 0 saturated carbocycles. The van der Waals surface area contributed by atoms with Gasteiger partial charge in [0, 0.05) is 0 Å². The summed E-state index contributed by atoms with van der Waals surface area (Å²) in [4.78, 5) is 2.50. The Hall–Kier alpha value is -0.800. The number of nitrogens with zero attached hydrogens (tertiary/aromatic N) is 1. The summed E-state index contributed by atoms with van der Waals surface area (Å²) >= 11 is 0. The van der Waals surface area contributed by atoms with Gasteiger partial charge in [0.1, 0.15) is 5.76 Å². The molecule has 1 aliphatic rings.